The first-order chi connectivity index (χ1) is 8.93. The van der Waals surface area contributed by atoms with Crippen molar-refractivity contribution >= 4 is 27.1 Å². The number of alkyl halides is 2. The summed E-state index contributed by atoms with van der Waals surface area (Å²) in [5.41, 5.74) is 0. The van der Waals surface area contributed by atoms with Crippen LogP contribution < -0.4 is 10.6 Å². The maximum absolute atomic E-state index is 12.5. The van der Waals surface area contributed by atoms with Gasteiger partial charge in [-0.3, -0.25) is 4.79 Å². The third-order valence-corrected chi connectivity index (χ3v) is 5.24. The van der Waals surface area contributed by atoms with Gasteiger partial charge in [0.1, 0.15) is 4.88 Å². The van der Waals surface area contributed by atoms with E-state index in [9.17, 15) is 22.0 Å². The molecule has 1 fully saturated rings. The number of rotatable bonds is 4. The monoisotopic (exact) mass is 310 g/mol. The lowest BCUT2D eigenvalue weighted by Gasteiger charge is -2.11. The fraction of sp³-hybridized carbons (Fsp3) is 0.500. The molecular weight excluding hydrogens is 298 g/mol. The van der Waals surface area contributed by atoms with Crippen molar-refractivity contribution in [2.45, 2.75) is 23.1 Å². The van der Waals surface area contributed by atoms with Crippen LogP contribution >= 0.6 is 11.3 Å². The molecule has 1 aliphatic rings. The van der Waals surface area contributed by atoms with Crippen molar-refractivity contribution in [3.05, 3.63) is 16.3 Å². The molecular formula is C10H12F2N2O3S2. The van der Waals surface area contributed by atoms with E-state index in [1.165, 1.54) is 5.38 Å². The van der Waals surface area contributed by atoms with Crippen molar-refractivity contribution in [3.63, 3.8) is 0 Å². The molecule has 1 amide bonds. The van der Waals surface area contributed by atoms with Gasteiger partial charge in [0.05, 0.1) is 4.90 Å². The number of amides is 1. The predicted molar refractivity (Wildman–Crippen MR) is 66.2 cm³/mol. The van der Waals surface area contributed by atoms with Crippen LogP contribution in [0.2, 0.25) is 0 Å². The Labute approximate surface area is 112 Å². The average molecular weight is 310 g/mol. The Morgan fingerprint density at radius 2 is 2.26 bits per heavy atom. The van der Waals surface area contributed by atoms with E-state index >= 15 is 0 Å². The van der Waals surface area contributed by atoms with Crippen LogP contribution in [0.3, 0.4) is 0 Å². The lowest BCUT2D eigenvalue weighted by molar-refractivity contribution is 0.0941. The number of hydrogen-bond donors (Lipinski definition) is 2. The molecule has 0 aliphatic carbocycles. The van der Waals surface area contributed by atoms with Crippen molar-refractivity contribution in [2.75, 3.05) is 13.1 Å². The van der Waals surface area contributed by atoms with Crippen molar-refractivity contribution < 1.29 is 22.0 Å². The number of carbonyl (C=O) groups is 1. The molecule has 1 aromatic heterocycles. The van der Waals surface area contributed by atoms with Crippen LogP contribution in [0.15, 0.2) is 16.3 Å². The summed E-state index contributed by atoms with van der Waals surface area (Å²) in [6.45, 7) is 1.35. The molecule has 1 aliphatic heterocycles. The first-order valence-corrected chi connectivity index (χ1v) is 7.96. The lowest BCUT2D eigenvalue weighted by atomic mass is 10.2. The van der Waals surface area contributed by atoms with Crippen molar-refractivity contribution in [1.29, 1.82) is 0 Å². The minimum absolute atomic E-state index is 0.100. The van der Waals surface area contributed by atoms with Crippen LogP contribution in [0.5, 0.6) is 0 Å². The summed E-state index contributed by atoms with van der Waals surface area (Å²) in [6, 6.07) is 0.935. The smallest absolute Gasteiger partial charge is 0.341 e. The molecule has 1 atom stereocenters. The Bertz CT molecular complexity index is 565. The second-order valence-electron chi connectivity index (χ2n) is 4.08. The summed E-state index contributed by atoms with van der Waals surface area (Å²) >= 11 is 0.840. The van der Waals surface area contributed by atoms with Crippen LogP contribution in [0.4, 0.5) is 8.78 Å². The van der Waals surface area contributed by atoms with E-state index in [4.69, 9.17) is 0 Å². The Morgan fingerprint density at radius 1 is 1.53 bits per heavy atom. The Hall–Kier alpha value is -1.06. The van der Waals surface area contributed by atoms with Crippen LogP contribution in [0.25, 0.3) is 0 Å². The first kappa shape index (κ1) is 14.4. The molecule has 2 N–H and O–H groups in total. The zero-order valence-electron chi connectivity index (χ0n) is 9.73. The number of hydrogen-bond acceptors (Lipinski definition) is 5. The van der Waals surface area contributed by atoms with Gasteiger partial charge in [-0.1, -0.05) is 0 Å². The summed E-state index contributed by atoms with van der Waals surface area (Å²) in [7, 11) is -4.74. The largest absolute Gasteiger partial charge is 0.347 e. The number of nitrogens with one attached hydrogen (secondary N) is 2. The van der Waals surface area contributed by atoms with E-state index in [2.05, 4.69) is 10.6 Å². The molecule has 0 saturated carbocycles. The van der Waals surface area contributed by atoms with Gasteiger partial charge in [-0.05, 0) is 24.4 Å². The molecule has 0 aromatic carbocycles. The van der Waals surface area contributed by atoms with Gasteiger partial charge in [0.2, 0.25) is 9.84 Å². The summed E-state index contributed by atoms with van der Waals surface area (Å²) in [5.74, 6) is -4.15. The molecule has 0 radical (unpaired) electrons. The fourth-order valence-corrected chi connectivity index (χ4v) is 3.88. The number of thiophene rings is 1. The standard InChI is InChI=1S/C10H12F2N2O3S2/c11-10(12)19(16,17)7-2-4-18-8(7)9(15)14-6-1-3-13-5-6/h2,4,6,10,13H,1,3,5H2,(H,14,15). The lowest BCUT2D eigenvalue weighted by Crippen LogP contribution is -2.36. The van der Waals surface area contributed by atoms with Crippen LogP contribution in [0, 0.1) is 0 Å². The van der Waals surface area contributed by atoms with Gasteiger partial charge >= 0.3 is 5.76 Å². The van der Waals surface area contributed by atoms with Crippen LogP contribution in [-0.2, 0) is 9.84 Å². The van der Waals surface area contributed by atoms with Gasteiger partial charge in [0, 0.05) is 12.6 Å². The predicted octanol–water partition coefficient (Wildman–Crippen LogP) is 0.836. The average Bonchev–Trinajstić information content (AvgIpc) is 2.98. The van der Waals surface area contributed by atoms with E-state index in [1.807, 2.05) is 0 Å². The molecule has 0 spiro atoms. The topological polar surface area (TPSA) is 75.3 Å². The highest BCUT2D eigenvalue weighted by Crippen LogP contribution is 2.26. The zero-order chi connectivity index (χ0) is 14.0. The second-order valence-corrected chi connectivity index (χ2v) is 6.89. The molecule has 1 aromatic rings. The minimum Gasteiger partial charge on any atom is -0.347 e. The third-order valence-electron chi connectivity index (χ3n) is 2.77. The van der Waals surface area contributed by atoms with E-state index in [-0.39, 0.29) is 10.9 Å². The molecule has 19 heavy (non-hydrogen) atoms. The molecule has 0 bridgehead atoms. The quantitative estimate of drug-likeness (QED) is 0.864. The number of halogens is 2. The van der Waals surface area contributed by atoms with Gasteiger partial charge < -0.3 is 10.6 Å². The summed E-state index contributed by atoms with van der Waals surface area (Å²) in [6.07, 6.45) is 0.730. The summed E-state index contributed by atoms with van der Waals surface area (Å²) < 4.78 is 47.8. The molecule has 1 unspecified atom stereocenters. The van der Waals surface area contributed by atoms with Gasteiger partial charge in [0.15, 0.2) is 0 Å². The normalized spacial score (nSPS) is 19.8. The van der Waals surface area contributed by atoms with Crippen LogP contribution in [0.1, 0.15) is 16.1 Å². The Balaban J connectivity index is 2.22. The maximum Gasteiger partial charge on any atom is 0.341 e. The maximum atomic E-state index is 12.5. The van der Waals surface area contributed by atoms with Gasteiger partial charge in [-0.15, -0.1) is 11.3 Å². The van der Waals surface area contributed by atoms with E-state index in [1.54, 1.807) is 0 Å². The van der Waals surface area contributed by atoms with E-state index in [0.717, 1.165) is 30.4 Å². The fourth-order valence-electron chi connectivity index (χ4n) is 1.81. The number of carbonyl (C=O) groups excluding carboxylic acids is 1. The van der Waals surface area contributed by atoms with E-state index < -0.39 is 26.4 Å². The number of sulfone groups is 1. The van der Waals surface area contributed by atoms with Crippen molar-refractivity contribution in [2.24, 2.45) is 0 Å². The highest BCUT2D eigenvalue weighted by molar-refractivity contribution is 7.92. The summed E-state index contributed by atoms with van der Waals surface area (Å²) in [4.78, 5) is 11.1. The van der Waals surface area contributed by atoms with Crippen LogP contribution in [-0.4, -0.2) is 39.2 Å². The molecule has 2 rings (SSSR count). The second kappa shape index (κ2) is 5.51. The van der Waals surface area contributed by atoms with E-state index in [0.29, 0.717) is 6.54 Å². The SMILES string of the molecule is O=C(NC1CCNC1)c1sccc1S(=O)(=O)C(F)F. The molecule has 106 valence electrons. The Kier molecular flexibility index (Phi) is 4.16. The molecule has 5 nitrogen and oxygen atoms in total. The molecule has 2 heterocycles. The first-order valence-electron chi connectivity index (χ1n) is 5.54. The minimum atomic E-state index is -4.74. The summed E-state index contributed by atoms with van der Waals surface area (Å²) in [5, 5.41) is 6.99. The van der Waals surface area contributed by atoms with Gasteiger partial charge in [-0.25, -0.2) is 8.42 Å². The Morgan fingerprint density at radius 3 is 2.84 bits per heavy atom. The molecule has 1 saturated heterocycles. The van der Waals surface area contributed by atoms with Gasteiger partial charge in [0.25, 0.3) is 5.91 Å². The molecule has 9 heteroatoms. The highest BCUT2D eigenvalue weighted by atomic mass is 32.2. The zero-order valence-corrected chi connectivity index (χ0v) is 11.4. The highest BCUT2D eigenvalue weighted by Gasteiger charge is 2.32. The van der Waals surface area contributed by atoms with Crippen molar-refractivity contribution in [3.8, 4) is 0 Å². The third kappa shape index (κ3) is 2.93. The van der Waals surface area contributed by atoms with Gasteiger partial charge in [-0.2, -0.15) is 8.78 Å². The van der Waals surface area contributed by atoms with Crippen molar-refractivity contribution in [1.82, 2.24) is 10.6 Å².